The number of aliphatic hydroxyl groups is 1. The van der Waals surface area contributed by atoms with Gasteiger partial charge in [-0.2, -0.15) is 5.10 Å². The van der Waals surface area contributed by atoms with Crippen LogP contribution in [0.4, 0.5) is 0 Å². The lowest BCUT2D eigenvalue weighted by atomic mass is 10.00. The minimum Gasteiger partial charge on any atom is -0.400 e. The van der Waals surface area contributed by atoms with Gasteiger partial charge in [-0.15, -0.1) is 5.10 Å². The fourth-order valence-corrected chi connectivity index (χ4v) is 6.69. The number of aryl methyl sites for hydroxylation is 4. The molecule has 2 aliphatic rings. The van der Waals surface area contributed by atoms with Crippen LogP contribution < -0.4 is 11.1 Å². The third-order valence-electron chi connectivity index (χ3n) is 9.99. The van der Waals surface area contributed by atoms with Crippen LogP contribution in [0.2, 0.25) is 0 Å². The molecule has 6 aromatic rings. The number of ether oxygens (including phenoxy) is 2. The third-order valence-corrected chi connectivity index (χ3v) is 9.99. The molecule has 2 aromatic carbocycles. The quantitative estimate of drug-likeness (QED) is 0.260. The molecule has 0 bridgehead atoms. The molecule has 2 saturated heterocycles. The lowest BCUT2D eigenvalue weighted by Gasteiger charge is -2.20. The number of imidazole rings is 2. The van der Waals surface area contributed by atoms with Crippen LogP contribution in [0.3, 0.4) is 0 Å². The topological polar surface area (TPSA) is 143 Å². The van der Waals surface area contributed by atoms with E-state index in [1.807, 2.05) is 31.2 Å². The first kappa shape index (κ1) is 38.3. The summed E-state index contributed by atoms with van der Waals surface area (Å²) in [5.74, 6) is 9.59. The first-order valence-electron chi connectivity index (χ1n) is 18.4. The van der Waals surface area contributed by atoms with Crippen molar-refractivity contribution in [1.29, 1.82) is 0 Å². The molecular weight excluding hydrogens is 685 g/mol. The number of fused-ring (bicyclic) bond motifs is 2. The zero-order chi connectivity index (χ0) is 38.2. The van der Waals surface area contributed by atoms with E-state index in [0.29, 0.717) is 36.0 Å². The number of hydrogen-bond donors (Lipinski definition) is 1. The number of benzene rings is 2. The Morgan fingerprint density at radius 2 is 1.15 bits per heavy atom. The van der Waals surface area contributed by atoms with E-state index in [2.05, 4.69) is 58.1 Å². The van der Waals surface area contributed by atoms with Gasteiger partial charge in [0, 0.05) is 71.5 Å². The summed E-state index contributed by atoms with van der Waals surface area (Å²) in [6, 6.07) is 16.5. The maximum atomic E-state index is 12.7. The van der Waals surface area contributed by atoms with E-state index in [1.165, 1.54) is 21.3 Å². The van der Waals surface area contributed by atoms with Crippen LogP contribution in [-0.2, 0) is 36.4 Å². The smallest absolute Gasteiger partial charge is 0.280 e. The normalized spacial score (nSPS) is 14.9. The minimum atomic E-state index is -0.140. The molecule has 282 valence electrons. The van der Waals surface area contributed by atoms with Crippen molar-refractivity contribution >= 4 is 11.0 Å². The third kappa shape index (κ3) is 8.52. The molecule has 54 heavy (non-hydrogen) atoms. The van der Waals surface area contributed by atoms with E-state index in [9.17, 15) is 9.59 Å². The lowest BCUT2D eigenvalue weighted by Crippen LogP contribution is -2.26. The summed E-state index contributed by atoms with van der Waals surface area (Å²) in [5, 5.41) is 16.4. The van der Waals surface area contributed by atoms with Crippen molar-refractivity contribution in [3.8, 4) is 11.8 Å². The molecule has 0 saturated carbocycles. The van der Waals surface area contributed by atoms with Crippen molar-refractivity contribution in [1.82, 2.24) is 38.3 Å². The molecule has 0 spiro atoms. The predicted molar refractivity (Wildman–Crippen MR) is 206 cm³/mol. The summed E-state index contributed by atoms with van der Waals surface area (Å²) in [6.45, 7) is 7.03. The highest BCUT2D eigenvalue weighted by molar-refractivity contribution is 5.46. The van der Waals surface area contributed by atoms with Crippen LogP contribution in [0.1, 0.15) is 83.1 Å². The largest absolute Gasteiger partial charge is 0.400 e. The summed E-state index contributed by atoms with van der Waals surface area (Å²) in [5.41, 5.74) is 5.43. The van der Waals surface area contributed by atoms with E-state index in [1.54, 1.807) is 40.1 Å². The average Bonchev–Trinajstić information content (AvgIpc) is 3.84. The Labute approximate surface area is 314 Å². The van der Waals surface area contributed by atoms with Crippen molar-refractivity contribution in [2.75, 3.05) is 33.5 Å². The van der Waals surface area contributed by atoms with Crippen LogP contribution in [0, 0.1) is 25.7 Å². The number of hydrogen-bond acceptors (Lipinski definition) is 9. The zero-order valence-corrected chi connectivity index (χ0v) is 31.7. The van der Waals surface area contributed by atoms with Gasteiger partial charge in [0.25, 0.3) is 11.1 Å². The van der Waals surface area contributed by atoms with Gasteiger partial charge in [-0.25, -0.2) is 19.0 Å². The molecule has 13 heteroatoms. The highest BCUT2D eigenvalue weighted by Gasteiger charge is 2.24. The van der Waals surface area contributed by atoms with Gasteiger partial charge in [-0.05, 0) is 69.6 Å². The monoisotopic (exact) mass is 732 g/mol. The van der Waals surface area contributed by atoms with Gasteiger partial charge < -0.3 is 14.6 Å². The van der Waals surface area contributed by atoms with Crippen molar-refractivity contribution in [2.45, 2.75) is 64.2 Å². The number of aromatic nitrogens is 8. The minimum absolute atomic E-state index is 0.0373. The summed E-state index contributed by atoms with van der Waals surface area (Å²) in [4.78, 5) is 34.4. The fourth-order valence-electron chi connectivity index (χ4n) is 6.69. The van der Waals surface area contributed by atoms with Crippen LogP contribution in [0.5, 0.6) is 0 Å². The molecule has 0 unspecified atom stereocenters. The molecule has 6 heterocycles. The number of nitrogens with zero attached hydrogens (tertiary/aromatic N) is 8. The van der Waals surface area contributed by atoms with Crippen LogP contribution in [0.25, 0.3) is 11.0 Å². The highest BCUT2D eigenvalue weighted by atomic mass is 16.5. The fraction of sp³-hybridized carbons (Fsp3) is 0.415. The van der Waals surface area contributed by atoms with E-state index in [4.69, 9.17) is 19.7 Å². The highest BCUT2D eigenvalue weighted by Crippen LogP contribution is 2.26. The Kier molecular flexibility index (Phi) is 12.5. The molecule has 0 atom stereocenters. The molecule has 2 aliphatic heterocycles. The Morgan fingerprint density at radius 3 is 1.69 bits per heavy atom. The van der Waals surface area contributed by atoms with E-state index in [-0.39, 0.29) is 17.0 Å². The molecule has 0 radical (unpaired) electrons. The van der Waals surface area contributed by atoms with Crippen LogP contribution in [-0.4, -0.2) is 77.0 Å². The molecule has 2 fully saturated rings. The van der Waals surface area contributed by atoms with Gasteiger partial charge in [-0.3, -0.25) is 18.7 Å². The van der Waals surface area contributed by atoms with Gasteiger partial charge in [0.05, 0.1) is 12.4 Å². The molecule has 13 nitrogen and oxygen atoms in total. The predicted octanol–water partition coefficient (Wildman–Crippen LogP) is 4.05. The van der Waals surface area contributed by atoms with Gasteiger partial charge in [0.15, 0.2) is 11.0 Å². The van der Waals surface area contributed by atoms with Gasteiger partial charge >= 0.3 is 0 Å². The molecule has 1 N–H and O–H groups in total. The maximum absolute atomic E-state index is 12.7. The van der Waals surface area contributed by atoms with Gasteiger partial charge in [0.1, 0.15) is 17.5 Å². The number of rotatable bonds is 5. The van der Waals surface area contributed by atoms with Crippen molar-refractivity contribution in [2.24, 2.45) is 14.1 Å². The van der Waals surface area contributed by atoms with Crippen molar-refractivity contribution in [3.05, 3.63) is 127 Å². The molecular formula is C41H48N8O5. The Hall–Kier alpha value is -5.42. The molecule has 0 amide bonds. The maximum Gasteiger partial charge on any atom is 0.280 e. The summed E-state index contributed by atoms with van der Waals surface area (Å²) in [6.07, 6.45) is 8.47. The summed E-state index contributed by atoms with van der Waals surface area (Å²) >= 11 is 0. The van der Waals surface area contributed by atoms with E-state index >= 15 is 0 Å². The second kappa shape index (κ2) is 17.6. The first-order valence-corrected chi connectivity index (χ1v) is 18.4. The second-order valence-corrected chi connectivity index (χ2v) is 13.7. The van der Waals surface area contributed by atoms with E-state index in [0.717, 1.165) is 81.9 Å². The van der Waals surface area contributed by atoms with Crippen molar-refractivity contribution < 1.29 is 14.6 Å². The first-order chi connectivity index (χ1) is 26.3. The molecule has 0 aliphatic carbocycles. The lowest BCUT2D eigenvalue weighted by molar-refractivity contribution is 0.0831. The van der Waals surface area contributed by atoms with Crippen molar-refractivity contribution in [3.63, 3.8) is 0 Å². The van der Waals surface area contributed by atoms with Crippen LogP contribution in [0.15, 0.2) is 70.5 Å². The van der Waals surface area contributed by atoms with Gasteiger partial charge in [0.2, 0.25) is 5.82 Å². The number of aliphatic hydroxyl groups excluding tert-OH is 1. The second-order valence-electron chi connectivity index (χ2n) is 13.7. The Balaban J connectivity index is 0.000000176. The van der Waals surface area contributed by atoms with Crippen LogP contribution >= 0.6 is 0 Å². The standard InChI is InChI=1S/C20H24N4O2.C20H20N4O2.CH4O/c2*1-14-3-5-15(6-4-14)7-8-18-22-24-17(20(25)23(18)2)13-21-19(24)16-9-11-26-12-10-16;1-2/h3-6,13,16H,7-12H2,1-2H3;3-6,13,16H,9-12H2,1-2H3;2H,1H3. The molecule has 8 rings (SSSR count). The SMILES string of the molecule is CO.Cc1ccc(C#Cc2nn3c(C4CCOCC4)ncc3c(=O)n2C)cc1.Cc1ccc(CCc2nn3c(C4CCOCC4)ncc3c(=O)n2C)cc1. The average molecular weight is 733 g/mol. The van der Waals surface area contributed by atoms with E-state index < -0.39 is 0 Å². The Bertz CT molecular complexity index is 2370. The summed E-state index contributed by atoms with van der Waals surface area (Å²) in [7, 11) is 4.48. The summed E-state index contributed by atoms with van der Waals surface area (Å²) < 4.78 is 17.4. The molecule has 4 aromatic heterocycles. The Morgan fingerprint density at radius 1 is 0.667 bits per heavy atom. The van der Waals surface area contributed by atoms with Gasteiger partial charge in [-0.1, -0.05) is 53.4 Å². The zero-order valence-electron chi connectivity index (χ0n) is 31.7.